The van der Waals surface area contributed by atoms with Crippen molar-refractivity contribution in [3.63, 3.8) is 0 Å². The van der Waals surface area contributed by atoms with Crippen molar-refractivity contribution in [1.29, 1.82) is 5.26 Å². The first-order chi connectivity index (χ1) is 8.12. The SMILES string of the molecule is COc1cc(CC#N)cc(OC)c1OC(C)C. The number of nitrogens with zero attached hydrogens (tertiary/aromatic N) is 1. The van der Waals surface area contributed by atoms with E-state index in [1.807, 2.05) is 13.8 Å². The van der Waals surface area contributed by atoms with Crippen LogP contribution in [0.1, 0.15) is 19.4 Å². The zero-order valence-electron chi connectivity index (χ0n) is 10.6. The van der Waals surface area contributed by atoms with Gasteiger partial charge in [0, 0.05) is 0 Å². The smallest absolute Gasteiger partial charge is 0.203 e. The predicted octanol–water partition coefficient (Wildman–Crippen LogP) is 2.56. The van der Waals surface area contributed by atoms with E-state index in [4.69, 9.17) is 19.5 Å². The molecule has 1 aromatic rings. The van der Waals surface area contributed by atoms with Crippen LogP contribution in [0.3, 0.4) is 0 Å². The van der Waals surface area contributed by atoms with Crippen molar-refractivity contribution >= 4 is 0 Å². The first-order valence-electron chi connectivity index (χ1n) is 5.40. The Hall–Kier alpha value is -1.89. The monoisotopic (exact) mass is 235 g/mol. The van der Waals surface area contributed by atoms with E-state index in [2.05, 4.69) is 6.07 Å². The molecule has 92 valence electrons. The number of hydrogen-bond acceptors (Lipinski definition) is 4. The second-order valence-electron chi connectivity index (χ2n) is 3.83. The predicted molar refractivity (Wildman–Crippen MR) is 64.6 cm³/mol. The van der Waals surface area contributed by atoms with Crippen LogP contribution in [0.4, 0.5) is 0 Å². The summed E-state index contributed by atoms with van der Waals surface area (Å²) in [5, 5.41) is 8.70. The Labute approximate surface area is 102 Å². The van der Waals surface area contributed by atoms with Crippen LogP contribution in [0.25, 0.3) is 0 Å². The topological polar surface area (TPSA) is 51.5 Å². The van der Waals surface area contributed by atoms with Crippen LogP contribution >= 0.6 is 0 Å². The second kappa shape index (κ2) is 6.00. The summed E-state index contributed by atoms with van der Waals surface area (Å²) in [6, 6.07) is 5.69. The van der Waals surface area contributed by atoms with E-state index in [9.17, 15) is 0 Å². The van der Waals surface area contributed by atoms with Gasteiger partial charge in [-0.25, -0.2) is 0 Å². The molecule has 0 aliphatic heterocycles. The Balaban J connectivity index is 3.21. The van der Waals surface area contributed by atoms with Crippen LogP contribution in [0.5, 0.6) is 17.2 Å². The molecule has 0 aromatic heterocycles. The largest absolute Gasteiger partial charge is 0.493 e. The van der Waals surface area contributed by atoms with E-state index in [-0.39, 0.29) is 6.10 Å². The molecule has 0 heterocycles. The summed E-state index contributed by atoms with van der Waals surface area (Å²) < 4.78 is 16.2. The van der Waals surface area contributed by atoms with Gasteiger partial charge in [-0.2, -0.15) is 5.26 Å². The zero-order chi connectivity index (χ0) is 12.8. The zero-order valence-corrected chi connectivity index (χ0v) is 10.6. The molecule has 1 aromatic carbocycles. The number of rotatable bonds is 5. The summed E-state index contributed by atoms with van der Waals surface area (Å²) >= 11 is 0. The molecule has 0 saturated heterocycles. The van der Waals surface area contributed by atoms with Gasteiger partial charge in [-0.3, -0.25) is 0 Å². The lowest BCUT2D eigenvalue weighted by atomic mass is 10.1. The van der Waals surface area contributed by atoms with Gasteiger partial charge >= 0.3 is 0 Å². The van der Waals surface area contributed by atoms with Gasteiger partial charge in [-0.1, -0.05) is 0 Å². The molecular formula is C13H17NO3. The van der Waals surface area contributed by atoms with E-state index in [0.29, 0.717) is 23.7 Å². The molecule has 0 spiro atoms. The van der Waals surface area contributed by atoms with Crippen molar-refractivity contribution in [2.45, 2.75) is 26.4 Å². The molecule has 4 heteroatoms. The van der Waals surface area contributed by atoms with Crippen LogP contribution in [0, 0.1) is 11.3 Å². The summed E-state index contributed by atoms with van der Waals surface area (Å²) in [6.45, 7) is 3.87. The number of nitriles is 1. The Bertz CT molecular complexity index is 396. The summed E-state index contributed by atoms with van der Waals surface area (Å²) in [5.74, 6) is 1.75. The van der Waals surface area contributed by atoms with Gasteiger partial charge in [0.25, 0.3) is 0 Å². The lowest BCUT2D eigenvalue weighted by molar-refractivity contribution is 0.218. The molecule has 17 heavy (non-hydrogen) atoms. The van der Waals surface area contributed by atoms with Crippen LogP contribution in [-0.4, -0.2) is 20.3 Å². The number of ether oxygens (including phenoxy) is 3. The van der Waals surface area contributed by atoms with E-state index in [1.54, 1.807) is 26.4 Å². The Kier molecular flexibility index (Phi) is 4.65. The number of benzene rings is 1. The average molecular weight is 235 g/mol. The van der Waals surface area contributed by atoms with E-state index in [0.717, 1.165) is 5.56 Å². The van der Waals surface area contributed by atoms with Crippen molar-refractivity contribution < 1.29 is 14.2 Å². The highest BCUT2D eigenvalue weighted by Crippen LogP contribution is 2.39. The summed E-state index contributed by atoms with van der Waals surface area (Å²) in [6.07, 6.45) is 0.342. The minimum atomic E-state index is 0.0274. The molecule has 0 radical (unpaired) electrons. The van der Waals surface area contributed by atoms with Gasteiger partial charge in [0.15, 0.2) is 11.5 Å². The number of methoxy groups -OCH3 is 2. The van der Waals surface area contributed by atoms with Crippen molar-refractivity contribution in [3.8, 4) is 23.3 Å². The summed E-state index contributed by atoms with van der Waals surface area (Å²) in [7, 11) is 3.14. The minimum Gasteiger partial charge on any atom is -0.493 e. The van der Waals surface area contributed by atoms with Gasteiger partial charge in [0.05, 0.1) is 32.8 Å². The molecule has 0 amide bonds. The van der Waals surface area contributed by atoms with Gasteiger partial charge in [0.1, 0.15) is 0 Å². The Morgan fingerprint density at radius 2 is 1.71 bits per heavy atom. The summed E-state index contributed by atoms with van der Waals surface area (Å²) in [5.41, 5.74) is 0.845. The van der Waals surface area contributed by atoms with Crippen molar-refractivity contribution in [2.24, 2.45) is 0 Å². The maximum atomic E-state index is 8.70. The van der Waals surface area contributed by atoms with Crippen LogP contribution < -0.4 is 14.2 Å². The first kappa shape index (κ1) is 13.2. The molecule has 0 bridgehead atoms. The molecule has 0 fully saturated rings. The lowest BCUT2D eigenvalue weighted by Gasteiger charge is -2.17. The highest BCUT2D eigenvalue weighted by Gasteiger charge is 2.15. The molecular weight excluding hydrogens is 218 g/mol. The van der Waals surface area contributed by atoms with Crippen molar-refractivity contribution in [2.75, 3.05) is 14.2 Å². The third-order valence-corrected chi connectivity index (χ3v) is 2.16. The molecule has 0 unspecified atom stereocenters. The molecule has 0 aliphatic rings. The van der Waals surface area contributed by atoms with E-state index < -0.39 is 0 Å². The first-order valence-corrected chi connectivity index (χ1v) is 5.40. The third kappa shape index (κ3) is 3.28. The second-order valence-corrected chi connectivity index (χ2v) is 3.83. The number of hydrogen-bond donors (Lipinski definition) is 0. The van der Waals surface area contributed by atoms with Gasteiger partial charge in [0.2, 0.25) is 5.75 Å². The van der Waals surface area contributed by atoms with Crippen LogP contribution in [0.2, 0.25) is 0 Å². The molecule has 0 saturated carbocycles. The van der Waals surface area contributed by atoms with Crippen molar-refractivity contribution in [3.05, 3.63) is 17.7 Å². The fraction of sp³-hybridized carbons (Fsp3) is 0.462. The maximum Gasteiger partial charge on any atom is 0.203 e. The Morgan fingerprint density at radius 1 is 1.18 bits per heavy atom. The normalized spacial score (nSPS) is 9.88. The van der Waals surface area contributed by atoms with E-state index in [1.165, 1.54) is 0 Å². The fourth-order valence-electron chi connectivity index (χ4n) is 1.48. The molecule has 1 rings (SSSR count). The van der Waals surface area contributed by atoms with E-state index >= 15 is 0 Å². The van der Waals surface area contributed by atoms with Gasteiger partial charge < -0.3 is 14.2 Å². The minimum absolute atomic E-state index is 0.0274. The molecule has 0 atom stereocenters. The maximum absolute atomic E-state index is 8.70. The van der Waals surface area contributed by atoms with Gasteiger partial charge in [-0.05, 0) is 31.5 Å². The van der Waals surface area contributed by atoms with Gasteiger partial charge in [-0.15, -0.1) is 0 Å². The summed E-state index contributed by atoms with van der Waals surface area (Å²) in [4.78, 5) is 0. The highest BCUT2D eigenvalue weighted by molar-refractivity contribution is 5.54. The third-order valence-electron chi connectivity index (χ3n) is 2.16. The van der Waals surface area contributed by atoms with Crippen LogP contribution in [0.15, 0.2) is 12.1 Å². The quantitative estimate of drug-likeness (QED) is 0.787. The molecule has 0 aliphatic carbocycles. The average Bonchev–Trinajstić information content (AvgIpc) is 2.30. The molecule has 4 nitrogen and oxygen atoms in total. The fourth-order valence-corrected chi connectivity index (χ4v) is 1.48. The van der Waals surface area contributed by atoms with Crippen molar-refractivity contribution in [1.82, 2.24) is 0 Å². The highest BCUT2D eigenvalue weighted by atomic mass is 16.5. The lowest BCUT2D eigenvalue weighted by Crippen LogP contribution is -2.08. The van der Waals surface area contributed by atoms with Crippen LogP contribution in [-0.2, 0) is 6.42 Å². The molecule has 0 N–H and O–H groups in total. The Morgan fingerprint density at radius 3 is 2.06 bits per heavy atom. The standard InChI is InChI=1S/C13H17NO3/c1-9(2)17-13-11(15-3)7-10(5-6-14)8-12(13)16-4/h7-9H,5H2,1-4H3.